The number of carbonyl (C=O) groups excluding carboxylic acids is 2. The summed E-state index contributed by atoms with van der Waals surface area (Å²) < 4.78 is 0. The fourth-order valence-electron chi connectivity index (χ4n) is 3.41. The summed E-state index contributed by atoms with van der Waals surface area (Å²) in [4.78, 5) is 25.9. The number of rotatable bonds is 6. The smallest absolute Gasteiger partial charge is 0.249 e. The Hall–Kier alpha value is -1.92. The van der Waals surface area contributed by atoms with E-state index in [1.807, 2.05) is 35.2 Å². The third-order valence-electron chi connectivity index (χ3n) is 4.96. The van der Waals surface area contributed by atoms with E-state index in [4.69, 9.17) is 5.73 Å². The summed E-state index contributed by atoms with van der Waals surface area (Å²) in [6, 6.07) is 9.30. The van der Waals surface area contributed by atoms with Crippen LogP contribution in [0.25, 0.3) is 0 Å². The first-order valence-corrected chi connectivity index (χ1v) is 8.63. The van der Waals surface area contributed by atoms with Crippen LogP contribution in [0.5, 0.6) is 0 Å². The zero-order chi connectivity index (χ0) is 17.1. The molecule has 0 bridgehead atoms. The van der Waals surface area contributed by atoms with Gasteiger partial charge in [0.05, 0.1) is 0 Å². The number of piperidine rings is 1. The number of likely N-dealkylation sites (tertiary alicyclic amines) is 1. The van der Waals surface area contributed by atoms with Crippen LogP contribution in [0.1, 0.15) is 37.3 Å². The van der Waals surface area contributed by atoms with Crippen LogP contribution in [0.15, 0.2) is 30.3 Å². The molecule has 130 valence electrons. The minimum absolute atomic E-state index is 0.0655. The van der Waals surface area contributed by atoms with Crippen LogP contribution in [0.4, 0.5) is 0 Å². The summed E-state index contributed by atoms with van der Waals surface area (Å²) in [6.07, 6.45) is 2.41. The van der Waals surface area contributed by atoms with Gasteiger partial charge in [-0.25, -0.2) is 0 Å². The van der Waals surface area contributed by atoms with Crippen molar-refractivity contribution in [2.45, 2.75) is 43.9 Å². The number of aliphatic hydroxyl groups excluding tert-OH is 1. The molecule has 1 heterocycles. The Morgan fingerprint density at radius 3 is 2.29 bits per heavy atom. The summed E-state index contributed by atoms with van der Waals surface area (Å²) in [5.41, 5.74) is 6.49. The van der Waals surface area contributed by atoms with Gasteiger partial charge in [-0.15, -0.1) is 0 Å². The molecular formula is C18H25N3O3. The Kier molecular flexibility index (Phi) is 5.16. The lowest BCUT2D eigenvalue weighted by atomic mass is 9.89. The van der Waals surface area contributed by atoms with Crippen LogP contribution in [0.2, 0.25) is 0 Å². The Morgan fingerprint density at radius 2 is 1.75 bits per heavy atom. The fourth-order valence-corrected chi connectivity index (χ4v) is 3.41. The van der Waals surface area contributed by atoms with Gasteiger partial charge in [0.15, 0.2) is 0 Å². The third kappa shape index (κ3) is 3.94. The normalized spacial score (nSPS) is 21.9. The van der Waals surface area contributed by atoms with Gasteiger partial charge >= 0.3 is 0 Å². The summed E-state index contributed by atoms with van der Waals surface area (Å²) in [6.45, 7) is 1.28. The predicted octanol–water partition coefficient (Wildman–Crippen LogP) is 0.565. The van der Waals surface area contributed by atoms with Gasteiger partial charge in [0, 0.05) is 6.04 Å². The summed E-state index contributed by atoms with van der Waals surface area (Å²) in [5, 5.41) is 13.1. The Morgan fingerprint density at radius 1 is 1.12 bits per heavy atom. The second-order valence-corrected chi connectivity index (χ2v) is 6.82. The summed E-state index contributed by atoms with van der Waals surface area (Å²) in [7, 11) is 0. The third-order valence-corrected chi connectivity index (χ3v) is 4.96. The van der Waals surface area contributed by atoms with Crippen molar-refractivity contribution in [3.63, 3.8) is 0 Å². The standard InChI is InChI=1S/C18H25N3O3/c19-17(23)15(12-4-2-1-3-5-12)21-10-8-13(9-11-21)16(22)18(24)20-14-6-7-14/h1-5,13-16,22H,6-11H2,(H2,19,23)(H,20,24)/t15-,16+/m0/s1. The number of nitrogens with one attached hydrogen (secondary N) is 1. The van der Waals surface area contributed by atoms with Gasteiger partial charge in [0.1, 0.15) is 12.1 Å². The second kappa shape index (κ2) is 7.32. The molecule has 0 spiro atoms. The molecule has 1 saturated carbocycles. The van der Waals surface area contributed by atoms with Crippen molar-refractivity contribution < 1.29 is 14.7 Å². The van der Waals surface area contributed by atoms with Gasteiger partial charge < -0.3 is 16.2 Å². The number of amides is 2. The van der Waals surface area contributed by atoms with E-state index >= 15 is 0 Å². The van der Waals surface area contributed by atoms with E-state index in [0.29, 0.717) is 25.9 Å². The molecule has 1 aliphatic heterocycles. The monoisotopic (exact) mass is 331 g/mol. The summed E-state index contributed by atoms with van der Waals surface area (Å²) >= 11 is 0. The van der Waals surface area contributed by atoms with E-state index in [2.05, 4.69) is 5.32 Å². The molecule has 0 aromatic heterocycles. The Bertz CT molecular complexity index is 580. The molecule has 0 unspecified atom stereocenters. The number of hydrogen-bond donors (Lipinski definition) is 3. The van der Waals surface area contributed by atoms with Crippen molar-refractivity contribution in [3.8, 4) is 0 Å². The maximum absolute atomic E-state index is 12.0. The second-order valence-electron chi connectivity index (χ2n) is 6.82. The van der Waals surface area contributed by atoms with E-state index in [0.717, 1.165) is 18.4 Å². The molecule has 4 N–H and O–H groups in total. The van der Waals surface area contributed by atoms with Crippen LogP contribution in [0, 0.1) is 5.92 Å². The molecule has 3 rings (SSSR count). The zero-order valence-corrected chi connectivity index (χ0v) is 13.7. The minimum Gasteiger partial charge on any atom is -0.383 e. The van der Waals surface area contributed by atoms with E-state index in [-0.39, 0.29) is 23.8 Å². The number of nitrogens with two attached hydrogens (primary N) is 1. The molecule has 1 saturated heterocycles. The lowest BCUT2D eigenvalue weighted by molar-refractivity contribution is -0.134. The van der Waals surface area contributed by atoms with Crippen LogP contribution in [-0.2, 0) is 9.59 Å². The lowest BCUT2D eigenvalue weighted by Gasteiger charge is -2.37. The first-order chi connectivity index (χ1) is 11.6. The highest BCUT2D eigenvalue weighted by molar-refractivity contribution is 5.82. The van der Waals surface area contributed by atoms with Crippen LogP contribution in [0.3, 0.4) is 0 Å². The molecular weight excluding hydrogens is 306 g/mol. The molecule has 2 atom stereocenters. The molecule has 1 aromatic carbocycles. The minimum atomic E-state index is -0.962. The Balaban J connectivity index is 1.58. The number of benzene rings is 1. The van der Waals surface area contributed by atoms with Gasteiger partial charge in [-0.05, 0) is 50.3 Å². The predicted molar refractivity (Wildman–Crippen MR) is 89.8 cm³/mol. The van der Waals surface area contributed by atoms with Gasteiger partial charge in [-0.1, -0.05) is 30.3 Å². The van der Waals surface area contributed by atoms with Crippen molar-refractivity contribution in [2.75, 3.05) is 13.1 Å². The van der Waals surface area contributed by atoms with E-state index in [1.54, 1.807) is 0 Å². The van der Waals surface area contributed by atoms with Crippen LogP contribution < -0.4 is 11.1 Å². The molecule has 2 amide bonds. The van der Waals surface area contributed by atoms with Crippen molar-refractivity contribution in [2.24, 2.45) is 11.7 Å². The summed E-state index contributed by atoms with van der Waals surface area (Å²) in [5.74, 6) is -0.693. The van der Waals surface area contributed by atoms with Gasteiger partial charge in [0.25, 0.3) is 0 Å². The number of primary amides is 1. The molecule has 1 aromatic rings. The van der Waals surface area contributed by atoms with Crippen LogP contribution in [-0.4, -0.2) is 47.1 Å². The number of carbonyl (C=O) groups is 2. The average molecular weight is 331 g/mol. The highest BCUT2D eigenvalue weighted by Gasteiger charge is 2.35. The van der Waals surface area contributed by atoms with Crippen molar-refractivity contribution >= 4 is 11.8 Å². The maximum atomic E-state index is 12.0. The SMILES string of the molecule is NC(=O)[C@H](c1ccccc1)N1CCC([C@@H](O)C(=O)NC2CC2)CC1. The molecule has 2 aliphatic rings. The molecule has 6 nitrogen and oxygen atoms in total. The Labute approximate surface area is 142 Å². The van der Waals surface area contributed by atoms with Crippen LogP contribution >= 0.6 is 0 Å². The molecule has 2 fully saturated rings. The van der Waals surface area contributed by atoms with Gasteiger partial charge in [-0.2, -0.15) is 0 Å². The number of aliphatic hydroxyl groups is 1. The number of nitrogens with zero attached hydrogens (tertiary/aromatic N) is 1. The molecule has 6 heteroatoms. The molecule has 24 heavy (non-hydrogen) atoms. The first-order valence-electron chi connectivity index (χ1n) is 8.63. The van der Waals surface area contributed by atoms with E-state index < -0.39 is 12.1 Å². The first kappa shape index (κ1) is 16.9. The van der Waals surface area contributed by atoms with Gasteiger partial charge in [0.2, 0.25) is 11.8 Å². The lowest BCUT2D eigenvalue weighted by Crippen LogP contribution is -2.47. The number of hydrogen-bond acceptors (Lipinski definition) is 4. The van der Waals surface area contributed by atoms with Crippen molar-refractivity contribution in [3.05, 3.63) is 35.9 Å². The topological polar surface area (TPSA) is 95.7 Å². The van der Waals surface area contributed by atoms with Gasteiger partial charge in [-0.3, -0.25) is 14.5 Å². The highest BCUT2D eigenvalue weighted by Crippen LogP contribution is 2.29. The molecule has 0 radical (unpaired) electrons. The van der Waals surface area contributed by atoms with Crippen molar-refractivity contribution in [1.29, 1.82) is 0 Å². The quantitative estimate of drug-likeness (QED) is 0.710. The zero-order valence-electron chi connectivity index (χ0n) is 13.7. The van der Waals surface area contributed by atoms with E-state index in [1.165, 1.54) is 0 Å². The molecule has 1 aliphatic carbocycles. The average Bonchev–Trinajstić information content (AvgIpc) is 3.39. The van der Waals surface area contributed by atoms with E-state index in [9.17, 15) is 14.7 Å². The maximum Gasteiger partial charge on any atom is 0.249 e. The fraction of sp³-hybridized carbons (Fsp3) is 0.556. The largest absolute Gasteiger partial charge is 0.383 e. The van der Waals surface area contributed by atoms with Crippen molar-refractivity contribution in [1.82, 2.24) is 10.2 Å². The highest BCUT2D eigenvalue weighted by atomic mass is 16.3.